The Hall–Kier alpha value is -3.27. The van der Waals surface area contributed by atoms with Gasteiger partial charge in [0.25, 0.3) is 0 Å². The normalized spacial score (nSPS) is 13.5. The first-order chi connectivity index (χ1) is 15.6. The molecule has 1 N–H and O–H groups in total. The van der Waals surface area contributed by atoms with E-state index in [-0.39, 0.29) is 31.0 Å². The van der Waals surface area contributed by atoms with Crippen LogP contribution >= 0.6 is 0 Å². The predicted octanol–water partition coefficient (Wildman–Crippen LogP) is 2.12. The highest BCUT2D eigenvalue weighted by Crippen LogP contribution is 2.36. The van der Waals surface area contributed by atoms with Gasteiger partial charge in [-0.1, -0.05) is 30.3 Å². The van der Waals surface area contributed by atoms with Crippen molar-refractivity contribution in [2.75, 3.05) is 23.9 Å². The summed E-state index contributed by atoms with van der Waals surface area (Å²) in [6.07, 6.45) is 1.03. The van der Waals surface area contributed by atoms with Crippen LogP contribution in [0.5, 0.6) is 11.5 Å². The second kappa shape index (κ2) is 10.1. The van der Waals surface area contributed by atoms with Crippen molar-refractivity contribution in [2.45, 2.75) is 39.4 Å². The number of anilines is 1. The Morgan fingerprint density at radius 1 is 1.03 bits per heavy atom. The molecule has 1 atom stereocenters. The van der Waals surface area contributed by atoms with E-state index in [2.05, 4.69) is 5.32 Å². The number of carbonyl (C=O) groups is 2. The molecule has 1 aliphatic heterocycles. The largest absolute Gasteiger partial charge is 0.454 e. The molecule has 3 rings (SSSR count). The van der Waals surface area contributed by atoms with Crippen LogP contribution in [0.4, 0.5) is 5.69 Å². The topological polar surface area (TPSA) is 105 Å². The number of nitrogens with one attached hydrogen (secondary N) is 1. The molecule has 0 saturated heterocycles. The monoisotopic (exact) mass is 475 g/mol. The van der Waals surface area contributed by atoms with E-state index in [9.17, 15) is 18.0 Å². The minimum Gasteiger partial charge on any atom is -0.454 e. The molecule has 1 aliphatic rings. The molecule has 2 aromatic carbocycles. The summed E-state index contributed by atoms with van der Waals surface area (Å²) in [6.45, 7) is 5.03. The Labute approximate surface area is 194 Å². The second-order valence-electron chi connectivity index (χ2n) is 8.15. The number of carbonyl (C=O) groups excluding carboxylic acids is 2. The summed E-state index contributed by atoms with van der Waals surface area (Å²) in [5, 5.41) is 2.81. The van der Waals surface area contributed by atoms with Crippen LogP contribution in [0.2, 0.25) is 0 Å². The fraction of sp³-hybridized carbons (Fsp3) is 0.391. The Morgan fingerprint density at radius 2 is 1.70 bits per heavy atom. The molecule has 0 radical (unpaired) electrons. The number of amides is 2. The van der Waals surface area contributed by atoms with Crippen LogP contribution in [0.3, 0.4) is 0 Å². The van der Waals surface area contributed by atoms with Crippen molar-refractivity contribution in [2.24, 2.45) is 0 Å². The molecule has 9 nitrogen and oxygen atoms in total. The summed E-state index contributed by atoms with van der Waals surface area (Å²) < 4.78 is 36.8. The molecular formula is C23H29N3O6S. The fourth-order valence-corrected chi connectivity index (χ4v) is 4.26. The van der Waals surface area contributed by atoms with Crippen molar-refractivity contribution >= 4 is 27.5 Å². The van der Waals surface area contributed by atoms with E-state index in [0.29, 0.717) is 11.5 Å². The van der Waals surface area contributed by atoms with Gasteiger partial charge in [0.05, 0.1) is 11.9 Å². The number of fused-ring (bicyclic) bond motifs is 1. The molecule has 1 heterocycles. The van der Waals surface area contributed by atoms with Gasteiger partial charge in [0.2, 0.25) is 28.6 Å². The van der Waals surface area contributed by atoms with Gasteiger partial charge in [-0.25, -0.2) is 8.42 Å². The quantitative estimate of drug-likeness (QED) is 0.596. The molecule has 0 bridgehead atoms. The van der Waals surface area contributed by atoms with Crippen LogP contribution in [0.25, 0.3) is 0 Å². The third-order valence-electron chi connectivity index (χ3n) is 5.12. The van der Waals surface area contributed by atoms with Crippen LogP contribution in [0.15, 0.2) is 48.5 Å². The first-order valence-corrected chi connectivity index (χ1v) is 12.4. The minimum atomic E-state index is -3.81. The average Bonchev–Trinajstić information content (AvgIpc) is 3.22. The van der Waals surface area contributed by atoms with Gasteiger partial charge in [0.15, 0.2) is 11.5 Å². The van der Waals surface area contributed by atoms with Crippen LogP contribution in [0.1, 0.15) is 26.3 Å². The molecule has 2 aromatic rings. The van der Waals surface area contributed by atoms with E-state index >= 15 is 0 Å². The Bertz CT molecular complexity index is 1100. The summed E-state index contributed by atoms with van der Waals surface area (Å²) >= 11 is 0. The molecule has 0 aromatic heterocycles. The third kappa shape index (κ3) is 6.16. The smallest absolute Gasteiger partial charge is 0.244 e. The van der Waals surface area contributed by atoms with Crippen LogP contribution in [-0.2, 0) is 26.2 Å². The van der Waals surface area contributed by atoms with E-state index in [1.807, 2.05) is 44.2 Å². The summed E-state index contributed by atoms with van der Waals surface area (Å²) in [5.74, 6) is 0.0826. The summed E-state index contributed by atoms with van der Waals surface area (Å²) in [5.41, 5.74) is 1.10. The molecule has 0 spiro atoms. The zero-order valence-corrected chi connectivity index (χ0v) is 20.0. The van der Waals surface area contributed by atoms with Crippen LogP contribution in [-0.4, -0.2) is 56.8 Å². The summed E-state index contributed by atoms with van der Waals surface area (Å²) in [7, 11) is -3.81. The molecule has 0 aliphatic carbocycles. The second-order valence-corrected chi connectivity index (χ2v) is 10.1. The van der Waals surface area contributed by atoms with Crippen LogP contribution < -0.4 is 19.1 Å². The first-order valence-electron chi connectivity index (χ1n) is 10.6. The molecule has 0 fully saturated rings. The third-order valence-corrected chi connectivity index (χ3v) is 6.26. The fourth-order valence-electron chi connectivity index (χ4n) is 3.42. The number of benzene rings is 2. The standard InChI is InChI=1S/C23H29N3O6S/c1-16(2)24-23(28)17(3)25(13-18-8-6-5-7-9-18)22(27)14-26(33(4,29)30)19-10-11-20-21(12-19)32-15-31-20/h5-12,16-17H,13-15H2,1-4H3,(H,24,28)/t17-/m1/s1. The summed E-state index contributed by atoms with van der Waals surface area (Å²) in [4.78, 5) is 27.5. The SMILES string of the molecule is CC(C)NC(=O)[C@@H](C)N(Cc1ccccc1)C(=O)CN(c1ccc2c(c1)OCO2)S(C)(=O)=O. The van der Waals surface area contributed by atoms with Gasteiger partial charge in [0, 0.05) is 18.7 Å². The molecule has 10 heteroatoms. The van der Waals surface area contributed by atoms with Crippen molar-refractivity contribution < 1.29 is 27.5 Å². The lowest BCUT2D eigenvalue weighted by Crippen LogP contribution is -2.52. The number of rotatable bonds is 9. The average molecular weight is 476 g/mol. The van der Waals surface area contributed by atoms with Gasteiger partial charge in [-0.05, 0) is 38.5 Å². The molecule has 0 saturated carbocycles. The van der Waals surface area contributed by atoms with Crippen molar-refractivity contribution in [3.8, 4) is 11.5 Å². The zero-order chi connectivity index (χ0) is 24.2. The van der Waals surface area contributed by atoms with E-state index in [1.54, 1.807) is 19.1 Å². The molecule has 2 amide bonds. The molecule has 178 valence electrons. The highest BCUT2D eigenvalue weighted by Gasteiger charge is 2.31. The molecular weight excluding hydrogens is 446 g/mol. The van der Waals surface area contributed by atoms with Gasteiger partial charge in [-0.2, -0.15) is 0 Å². The summed E-state index contributed by atoms with van der Waals surface area (Å²) in [6, 6.07) is 13.0. The van der Waals surface area contributed by atoms with E-state index < -0.39 is 28.5 Å². The van der Waals surface area contributed by atoms with Crippen molar-refractivity contribution in [1.29, 1.82) is 0 Å². The lowest BCUT2D eigenvalue weighted by Gasteiger charge is -2.31. The highest BCUT2D eigenvalue weighted by atomic mass is 32.2. The maximum Gasteiger partial charge on any atom is 0.244 e. The van der Waals surface area contributed by atoms with Crippen molar-refractivity contribution in [1.82, 2.24) is 10.2 Å². The lowest BCUT2D eigenvalue weighted by molar-refractivity contribution is -0.139. The minimum absolute atomic E-state index is 0.0456. The van der Waals surface area contributed by atoms with Gasteiger partial charge in [-0.3, -0.25) is 13.9 Å². The van der Waals surface area contributed by atoms with Crippen molar-refractivity contribution in [3.63, 3.8) is 0 Å². The number of sulfonamides is 1. The van der Waals surface area contributed by atoms with E-state index in [1.165, 1.54) is 11.0 Å². The Morgan fingerprint density at radius 3 is 2.33 bits per heavy atom. The van der Waals surface area contributed by atoms with Gasteiger partial charge in [-0.15, -0.1) is 0 Å². The number of nitrogens with zero attached hydrogens (tertiary/aromatic N) is 2. The maximum absolute atomic E-state index is 13.4. The van der Waals surface area contributed by atoms with Gasteiger partial charge < -0.3 is 19.7 Å². The van der Waals surface area contributed by atoms with Crippen molar-refractivity contribution in [3.05, 3.63) is 54.1 Å². The zero-order valence-electron chi connectivity index (χ0n) is 19.1. The highest BCUT2D eigenvalue weighted by molar-refractivity contribution is 7.92. The lowest BCUT2D eigenvalue weighted by atomic mass is 10.1. The van der Waals surface area contributed by atoms with Gasteiger partial charge >= 0.3 is 0 Å². The molecule has 0 unspecified atom stereocenters. The number of ether oxygens (including phenoxy) is 2. The molecule has 33 heavy (non-hydrogen) atoms. The number of hydrogen-bond acceptors (Lipinski definition) is 6. The predicted molar refractivity (Wildman–Crippen MR) is 124 cm³/mol. The van der Waals surface area contributed by atoms with Gasteiger partial charge in [0.1, 0.15) is 12.6 Å². The Balaban J connectivity index is 1.90. The van der Waals surface area contributed by atoms with Crippen LogP contribution in [0, 0.1) is 0 Å². The van der Waals surface area contributed by atoms with E-state index in [4.69, 9.17) is 9.47 Å². The maximum atomic E-state index is 13.4. The van der Waals surface area contributed by atoms with E-state index in [0.717, 1.165) is 16.1 Å². The number of hydrogen-bond donors (Lipinski definition) is 1. The Kier molecular flexibility index (Phi) is 7.47. The first kappa shape index (κ1) is 24.4.